The number of amides is 1. The van der Waals surface area contributed by atoms with Gasteiger partial charge >= 0.3 is 0 Å². The molecule has 1 amide bonds. The van der Waals surface area contributed by atoms with Crippen molar-refractivity contribution in [2.45, 2.75) is 33.1 Å². The Morgan fingerprint density at radius 3 is 2.83 bits per heavy atom. The lowest BCUT2D eigenvalue weighted by Crippen LogP contribution is -2.39. The number of fused-ring (bicyclic) bond motifs is 1. The molecule has 18 heavy (non-hydrogen) atoms. The van der Waals surface area contributed by atoms with Crippen molar-refractivity contribution in [3.8, 4) is 5.75 Å². The quantitative estimate of drug-likeness (QED) is 0.748. The van der Waals surface area contributed by atoms with E-state index in [-0.39, 0.29) is 12.5 Å². The van der Waals surface area contributed by atoms with Crippen LogP contribution in [0.3, 0.4) is 0 Å². The summed E-state index contributed by atoms with van der Waals surface area (Å²) in [4.78, 5) is 13.7. The van der Waals surface area contributed by atoms with E-state index in [0.29, 0.717) is 0 Å². The number of carbonyl (C=O) groups excluding carboxylic acids is 1. The summed E-state index contributed by atoms with van der Waals surface area (Å²) in [6.45, 7) is 5.43. The normalized spacial score (nSPS) is 14.6. The van der Waals surface area contributed by atoms with Gasteiger partial charge in [0.2, 0.25) is 0 Å². The third kappa shape index (κ3) is 3.03. The summed E-state index contributed by atoms with van der Waals surface area (Å²) in [5.74, 6) is 1.62. The second kappa shape index (κ2) is 5.89. The van der Waals surface area contributed by atoms with Crippen LogP contribution in [0.25, 0.3) is 0 Å². The highest BCUT2D eigenvalue weighted by Gasteiger charge is 2.24. The van der Waals surface area contributed by atoms with E-state index in [1.807, 2.05) is 29.2 Å². The molecule has 0 aliphatic carbocycles. The average molecular weight is 247 g/mol. The van der Waals surface area contributed by atoms with Gasteiger partial charge in [-0.25, -0.2) is 0 Å². The van der Waals surface area contributed by atoms with E-state index in [0.717, 1.165) is 30.3 Å². The largest absolute Gasteiger partial charge is 0.482 e. The zero-order chi connectivity index (χ0) is 13.0. The molecule has 98 valence electrons. The van der Waals surface area contributed by atoms with Gasteiger partial charge in [0.25, 0.3) is 5.91 Å². The summed E-state index contributed by atoms with van der Waals surface area (Å²) in [5.41, 5.74) is 0.915. The molecule has 0 saturated heterocycles. The molecule has 1 heterocycles. The zero-order valence-corrected chi connectivity index (χ0v) is 11.2. The summed E-state index contributed by atoms with van der Waals surface area (Å²) in [6.07, 6.45) is 3.45. The standard InChI is InChI=1S/C15H21NO2/c1-12(2)7-5-6-10-16-13-8-3-4-9-14(13)18-11-15(16)17/h3-4,8-9,12H,5-7,10-11H2,1-2H3. The molecule has 1 aliphatic heterocycles. The van der Waals surface area contributed by atoms with Crippen molar-refractivity contribution in [1.82, 2.24) is 0 Å². The van der Waals surface area contributed by atoms with E-state index in [4.69, 9.17) is 4.74 Å². The first-order valence-corrected chi connectivity index (χ1v) is 6.70. The topological polar surface area (TPSA) is 29.5 Å². The van der Waals surface area contributed by atoms with Gasteiger partial charge in [0.05, 0.1) is 5.69 Å². The molecule has 3 nitrogen and oxygen atoms in total. The van der Waals surface area contributed by atoms with Gasteiger partial charge in [-0.2, -0.15) is 0 Å². The molecular weight excluding hydrogens is 226 g/mol. The number of hydrogen-bond donors (Lipinski definition) is 0. The van der Waals surface area contributed by atoms with Crippen LogP contribution in [-0.4, -0.2) is 19.1 Å². The van der Waals surface area contributed by atoms with Crippen LogP contribution in [0.2, 0.25) is 0 Å². The van der Waals surface area contributed by atoms with Gasteiger partial charge in [-0.3, -0.25) is 4.79 Å². The molecule has 0 unspecified atom stereocenters. The van der Waals surface area contributed by atoms with Crippen molar-refractivity contribution in [2.24, 2.45) is 5.92 Å². The van der Waals surface area contributed by atoms with Gasteiger partial charge in [0, 0.05) is 6.54 Å². The Hall–Kier alpha value is -1.51. The average Bonchev–Trinajstić information content (AvgIpc) is 2.36. The molecule has 0 saturated carbocycles. The molecule has 0 aromatic heterocycles. The number of unbranched alkanes of at least 4 members (excludes halogenated alkanes) is 1. The predicted molar refractivity (Wildman–Crippen MR) is 73.0 cm³/mol. The number of nitrogens with zero attached hydrogens (tertiary/aromatic N) is 1. The Kier molecular flexibility index (Phi) is 4.24. The van der Waals surface area contributed by atoms with Crippen LogP contribution >= 0.6 is 0 Å². The van der Waals surface area contributed by atoms with Crippen molar-refractivity contribution in [3.05, 3.63) is 24.3 Å². The SMILES string of the molecule is CC(C)CCCCN1C(=O)COc2ccccc21. The van der Waals surface area contributed by atoms with Gasteiger partial charge in [-0.15, -0.1) is 0 Å². The fourth-order valence-electron chi connectivity index (χ4n) is 2.22. The number of anilines is 1. The molecule has 3 heteroatoms. The highest BCUT2D eigenvalue weighted by atomic mass is 16.5. The van der Waals surface area contributed by atoms with Gasteiger partial charge in [-0.05, 0) is 24.5 Å². The summed E-state index contributed by atoms with van der Waals surface area (Å²) < 4.78 is 5.42. The summed E-state index contributed by atoms with van der Waals surface area (Å²) in [7, 11) is 0. The smallest absolute Gasteiger partial charge is 0.265 e. The van der Waals surface area contributed by atoms with Crippen LogP contribution in [0.1, 0.15) is 33.1 Å². The summed E-state index contributed by atoms with van der Waals surface area (Å²) in [5, 5.41) is 0. The van der Waals surface area contributed by atoms with Crippen LogP contribution in [0.4, 0.5) is 5.69 Å². The fourth-order valence-corrected chi connectivity index (χ4v) is 2.22. The molecule has 0 fully saturated rings. The molecule has 0 atom stereocenters. The fraction of sp³-hybridized carbons (Fsp3) is 0.533. The predicted octanol–water partition coefficient (Wildman–Crippen LogP) is 3.24. The number of ether oxygens (including phenoxy) is 1. The first-order valence-electron chi connectivity index (χ1n) is 6.70. The van der Waals surface area contributed by atoms with Crippen molar-refractivity contribution < 1.29 is 9.53 Å². The Morgan fingerprint density at radius 2 is 2.06 bits per heavy atom. The molecule has 1 aromatic rings. The van der Waals surface area contributed by atoms with E-state index < -0.39 is 0 Å². The molecule has 0 radical (unpaired) electrons. The van der Waals surface area contributed by atoms with Gasteiger partial charge in [0.15, 0.2) is 6.61 Å². The Labute approximate surface area is 109 Å². The molecule has 0 N–H and O–H groups in total. The lowest BCUT2D eigenvalue weighted by molar-refractivity contribution is -0.121. The van der Waals surface area contributed by atoms with E-state index in [9.17, 15) is 4.79 Å². The van der Waals surface area contributed by atoms with E-state index in [1.54, 1.807) is 0 Å². The van der Waals surface area contributed by atoms with Crippen LogP contribution in [0.5, 0.6) is 5.75 Å². The minimum atomic E-state index is 0.0678. The first kappa shape index (κ1) is 12.9. The van der Waals surface area contributed by atoms with Gasteiger partial charge in [-0.1, -0.05) is 38.8 Å². The lowest BCUT2D eigenvalue weighted by Gasteiger charge is -2.29. The lowest BCUT2D eigenvalue weighted by atomic mass is 10.1. The molecule has 1 aliphatic rings. The second-order valence-corrected chi connectivity index (χ2v) is 5.19. The number of hydrogen-bond acceptors (Lipinski definition) is 2. The first-order chi connectivity index (χ1) is 8.68. The van der Waals surface area contributed by atoms with Crippen molar-refractivity contribution in [1.29, 1.82) is 0 Å². The maximum atomic E-state index is 11.9. The van der Waals surface area contributed by atoms with Crippen LogP contribution in [-0.2, 0) is 4.79 Å². The molecule has 0 bridgehead atoms. The maximum absolute atomic E-state index is 11.9. The Balaban J connectivity index is 1.97. The van der Waals surface area contributed by atoms with Crippen molar-refractivity contribution >= 4 is 11.6 Å². The van der Waals surface area contributed by atoms with Crippen LogP contribution < -0.4 is 9.64 Å². The molecule has 2 rings (SSSR count). The van der Waals surface area contributed by atoms with Crippen LogP contribution in [0, 0.1) is 5.92 Å². The summed E-state index contributed by atoms with van der Waals surface area (Å²) in [6, 6.07) is 7.76. The second-order valence-electron chi connectivity index (χ2n) is 5.19. The molecule has 0 spiro atoms. The molecular formula is C15H21NO2. The number of benzene rings is 1. The van der Waals surface area contributed by atoms with E-state index in [2.05, 4.69) is 13.8 Å². The van der Waals surface area contributed by atoms with Gasteiger partial charge in [0.1, 0.15) is 5.75 Å². The summed E-state index contributed by atoms with van der Waals surface area (Å²) >= 11 is 0. The number of para-hydroxylation sites is 2. The zero-order valence-electron chi connectivity index (χ0n) is 11.2. The third-order valence-corrected chi connectivity index (χ3v) is 3.22. The maximum Gasteiger partial charge on any atom is 0.265 e. The molecule has 1 aromatic carbocycles. The van der Waals surface area contributed by atoms with E-state index >= 15 is 0 Å². The Morgan fingerprint density at radius 1 is 1.28 bits per heavy atom. The van der Waals surface area contributed by atoms with Crippen molar-refractivity contribution in [3.63, 3.8) is 0 Å². The minimum Gasteiger partial charge on any atom is -0.482 e. The van der Waals surface area contributed by atoms with Gasteiger partial charge < -0.3 is 9.64 Å². The highest BCUT2D eigenvalue weighted by Crippen LogP contribution is 2.31. The number of rotatable bonds is 5. The van der Waals surface area contributed by atoms with E-state index in [1.165, 1.54) is 12.8 Å². The highest BCUT2D eigenvalue weighted by molar-refractivity contribution is 5.97. The Bertz CT molecular complexity index is 415. The third-order valence-electron chi connectivity index (χ3n) is 3.22. The number of carbonyl (C=O) groups is 1. The monoisotopic (exact) mass is 247 g/mol. The van der Waals surface area contributed by atoms with Crippen molar-refractivity contribution in [2.75, 3.05) is 18.1 Å². The minimum absolute atomic E-state index is 0.0678. The van der Waals surface area contributed by atoms with Crippen LogP contribution in [0.15, 0.2) is 24.3 Å².